The molecule has 0 aromatic heterocycles. The number of carbonyl (C=O) groups is 8. The summed E-state index contributed by atoms with van der Waals surface area (Å²) >= 11 is 0. The summed E-state index contributed by atoms with van der Waals surface area (Å²) in [4.78, 5) is 103. The van der Waals surface area contributed by atoms with Gasteiger partial charge in [0, 0.05) is 6.54 Å². The minimum atomic E-state index is -1.72. The summed E-state index contributed by atoms with van der Waals surface area (Å²) in [6.07, 6.45) is -2.29. The lowest BCUT2D eigenvalue weighted by molar-refractivity contribution is -0.143. The number of aliphatic hydroxyl groups excluding tert-OH is 4. The third-order valence-electron chi connectivity index (χ3n) is 8.81. The maximum atomic E-state index is 13.9. The molecule has 60 heavy (non-hydrogen) atoms. The number of hydrogen-bond donors (Lipinski definition) is 15. The summed E-state index contributed by atoms with van der Waals surface area (Å²) in [6, 6.07) is -10.2. The van der Waals surface area contributed by atoms with Crippen molar-refractivity contribution in [2.75, 3.05) is 26.3 Å². The average molecular weight is 861 g/mol. The van der Waals surface area contributed by atoms with Crippen LogP contribution in [0.1, 0.15) is 74.1 Å². The fourth-order valence-corrected chi connectivity index (χ4v) is 5.45. The zero-order chi connectivity index (χ0) is 46.4. The average Bonchev–Trinajstić information content (AvgIpc) is 3.15. The summed E-state index contributed by atoms with van der Waals surface area (Å²) < 4.78 is 0. The Morgan fingerprint density at radius 3 is 1.50 bits per heavy atom. The predicted molar refractivity (Wildman–Crippen MR) is 216 cm³/mol. The van der Waals surface area contributed by atoms with E-state index in [4.69, 9.17) is 21.7 Å². The molecule has 0 rings (SSSR count). The lowest BCUT2D eigenvalue weighted by Gasteiger charge is -2.29. The van der Waals surface area contributed by atoms with Crippen LogP contribution in [-0.2, 0) is 38.4 Å². The second-order valence-electron chi connectivity index (χ2n) is 15.6. The van der Waals surface area contributed by atoms with Gasteiger partial charge < -0.3 is 79.5 Å². The van der Waals surface area contributed by atoms with Crippen LogP contribution in [0.3, 0.4) is 0 Å². The number of nitrogens with one attached hydrogen (secondary N) is 8. The first-order valence-corrected chi connectivity index (χ1v) is 19.7. The van der Waals surface area contributed by atoms with Gasteiger partial charge in [0.25, 0.3) is 0 Å². The van der Waals surface area contributed by atoms with Crippen LogP contribution in [0.4, 0.5) is 0 Å². The number of carboxylic acids is 1. The Bertz CT molecular complexity index is 1460. The largest absolute Gasteiger partial charge is 0.480 e. The standard InChI is InChI=1S/C37H68N10O13/c1-17(2)12-23(45-35(57)28(39)30(52)19(5)6)32(54)43-22(10-9-11-40-21(8)38)31(53)44-24(13-18(3)4)33(55)47-29(20(7)50)36(58)41-14-27(51)42-25(15-48)34(56)46-26(16-49)37(59)60/h17-20,22-26,28-30,40,48-50,52H,8-16,38-39H2,1-7H3,(H,41,58)(H,42,51)(H,43,54)(H,44,53)(H,45,57)(H,46,56)(H,47,55)(H,59,60)/t20-,22+,23-,24-,25-,26-,28-,29-,30+/m0/s1. The van der Waals surface area contributed by atoms with Gasteiger partial charge in [-0.05, 0) is 50.4 Å². The molecule has 0 fully saturated rings. The molecule has 0 saturated carbocycles. The third-order valence-corrected chi connectivity index (χ3v) is 8.81. The van der Waals surface area contributed by atoms with Crippen LogP contribution in [0.15, 0.2) is 12.4 Å². The molecule has 0 aliphatic heterocycles. The van der Waals surface area contributed by atoms with Crippen LogP contribution in [0.2, 0.25) is 0 Å². The van der Waals surface area contributed by atoms with E-state index >= 15 is 0 Å². The molecule has 0 radical (unpaired) electrons. The van der Waals surface area contributed by atoms with Crippen LogP contribution in [-0.4, -0.2) is 154 Å². The van der Waals surface area contributed by atoms with Crippen molar-refractivity contribution in [2.24, 2.45) is 29.2 Å². The van der Waals surface area contributed by atoms with Crippen LogP contribution in [0, 0.1) is 17.8 Å². The maximum absolute atomic E-state index is 13.9. The Kier molecular flexibility index (Phi) is 25.3. The van der Waals surface area contributed by atoms with Gasteiger partial charge in [0.15, 0.2) is 0 Å². The van der Waals surface area contributed by atoms with Crippen molar-refractivity contribution in [3.8, 4) is 0 Å². The zero-order valence-corrected chi connectivity index (χ0v) is 35.4. The quantitative estimate of drug-likeness (QED) is 0.0312. The molecule has 0 bridgehead atoms. The highest BCUT2D eigenvalue weighted by Gasteiger charge is 2.35. The summed E-state index contributed by atoms with van der Waals surface area (Å²) in [5.41, 5.74) is 11.5. The Morgan fingerprint density at radius 2 is 1.05 bits per heavy atom. The van der Waals surface area contributed by atoms with Gasteiger partial charge in [-0.3, -0.25) is 33.6 Å². The van der Waals surface area contributed by atoms with Crippen LogP contribution < -0.4 is 54.0 Å². The summed E-state index contributed by atoms with van der Waals surface area (Å²) in [5, 5.41) is 67.6. The summed E-state index contributed by atoms with van der Waals surface area (Å²) in [7, 11) is 0. The number of carboxylic acid groups (broad SMARTS) is 1. The fraction of sp³-hybridized carbons (Fsp3) is 0.730. The number of nitrogens with two attached hydrogens (primary N) is 2. The molecule has 0 heterocycles. The van der Waals surface area contributed by atoms with E-state index in [-0.39, 0.29) is 55.8 Å². The minimum Gasteiger partial charge on any atom is -0.480 e. The molecule has 23 nitrogen and oxygen atoms in total. The Balaban J connectivity index is 6.14. The number of aliphatic carboxylic acids is 1. The predicted octanol–water partition coefficient (Wildman–Crippen LogP) is -5.30. The fourth-order valence-electron chi connectivity index (χ4n) is 5.45. The third kappa shape index (κ3) is 20.7. The number of aliphatic hydroxyl groups is 4. The highest BCUT2D eigenvalue weighted by molar-refractivity contribution is 5.97. The van der Waals surface area contributed by atoms with Crippen molar-refractivity contribution < 1.29 is 63.9 Å². The normalized spacial score (nSPS) is 15.8. The highest BCUT2D eigenvalue weighted by atomic mass is 16.4. The van der Waals surface area contributed by atoms with Gasteiger partial charge in [0.1, 0.15) is 42.3 Å². The Labute approximate surface area is 350 Å². The molecule has 0 aliphatic rings. The van der Waals surface area contributed by atoms with E-state index in [9.17, 15) is 53.7 Å². The van der Waals surface area contributed by atoms with E-state index in [0.29, 0.717) is 0 Å². The van der Waals surface area contributed by atoms with Crippen molar-refractivity contribution in [1.82, 2.24) is 42.5 Å². The van der Waals surface area contributed by atoms with Crippen LogP contribution in [0.25, 0.3) is 0 Å². The van der Waals surface area contributed by atoms with Crippen molar-refractivity contribution in [1.29, 1.82) is 0 Å². The van der Waals surface area contributed by atoms with Gasteiger partial charge >= 0.3 is 5.97 Å². The topological polar surface area (TPSA) is 386 Å². The minimum absolute atomic E-state index is 0.0168. The number of carbonyl (C=O) groups excluding carboxylic acids is 7. The van der Waals surface area contributed by atoms with E-state index in [0.717, 1.165) is 0 Å². The highest BCUT2D eigenvalue weighted by Crippen LogP contribution is 2.11. The Morgan fingerprint density at radius 1 is 0.600 bits per heavy atom. The van der Waals surface area contributed by atoms with E-state index in [1.54, 1.807) is 27.7 Å². The van der Waals surface area contributed by atoms with E-state index in [1.165, 1.54) is 6.92 Å². The van der Waals surface area contributed by atoms with Gasteiger partial charge in [-0.2, -0.15) is 0 Å². The molecule has 17 N–H and O–H groups in total. The molecule has 7 amide bonds. The number of amides is 7. The smallest absolute Gasteiger partial charge is 0.328 e. The van der Waals surface area contributed by atoms with Crippen molar-refractivity contribution in [3.63, 3.8) is 0 Å². The molecule has 0 aromatic carbocycles. The monoisotopic (exact) mass is 860 g/mol. The number of hydrogen-bond acceptors (Lipinski definition) is 15. The molecule has 0 spiro atoms. The second kappa shape index (κ2) is 27.6. The van der Waals surface area contributed by atoms with Crippen molar-refractivity contribution in [2.45, 2.75) is 129 Å². The maximum Gasteiger partial charge on any atom is 0.328 e. The van der Waals surface area contributed by atoms with Crippen molar-refractivity contribution in [3.05, 3.63) is 12.4 Å². The SMILES string of the molecule is C=C(N)NCCC[C@@H](NC(=O)[C@H](CC(C)C)NC(=O)[C@@H](N)[C@H](O)C(C)C)C(=O)N[C@@H](CC(C)C)C(=O)N[C@H](C(=O)NCC(=O)N[C@@H](CO)C(=O)N[C@@H](CO)C(=O)O)[C@H](C)O. The lowest BCUT2D eigenvalue weighted by atomic mass is 9.98. The first-order chi connectivity index (χ1) is 27.9. The molecule has 0 saturated heterocycles. The van der Waals surface area contributed by atoms with E-state index in [2.05, 4.69) is 43.8 Å². The van der Waals surface area contributed by atoms with Crippen LogP contribution in [0.5, 0.6) is 0 Å². The summed E-state index contributed by atoms with van der Waals surface area (Å²) in [6.45, 7) is 12.7. The molecule has 9 atom stereocenters. The zero-order valence-electron chi connectivity index (χ0n) is 35.4. The molecule has 0 aliphatic carbocycles. The first-order valence-electron chi connectivity index (χ1n) is 19.7. The first kappa shape index (κ1) is 54.9. The van der Waals surface area contributed by atoms with Gasteiger partial charge in [-0.25, -0.2) is 4.79 Å². The molecule has 0 aromatic rings. The van der Waals surface area contributed by atoms with Gasteiger partial charge in [-0.15, -0.1) is 0 Å². The van der Waals surface area contributed by atoms with Gasteiger partial charge in [-0.1, -0.05) is 48.1 Å². The number of rotatable bonds is 29. The van der Waals surface area contributed by atoms with Gasteiger partial charge in [0.05, 0.1) is 37.8 Å². The molecular weight excluding hydrogens is 792 g/mol. The van der Waals surface area contributed by atoms with E-state index in [1.807, 2.05) is 19.2 Å². The molecule has 0 unspecified atom stereocenters. The summed E-state index contributed by atoms with van der Waals surface area (Å²) in [5.74, 6) is -8.55. The Hall–Kier alpha value is -5.10. The second-order valence-corrected chi connectivity index (χ2v) is 15.6. The molecule has 23 heteroatoms. The van der Waals surface area contributed by atoms with Gasteiger partial charge in [0.2, 0.25) is 41.4 Å². The lowest BCUT2D eigenvalue weighted by Crippen LogP contribution is -2.61. The van der Waals surface area contributed by atoms with Crippen molar-refractivity contribution >= 4 is 47.3 Å². The molecule has 344 valence electrons. The van der Waals surface area contributed by atoms with Crippen LogP contribution >= 0.6 is 0 Å². The molecular formula is C37H68N10O13. The van der Waals surface area contributed by atoms with E-state index < -0.39 is 122 Å².